The molecule has 4 unspecified atom stereocenters. The summed E-state index contributed by atoms with van der Waals surface area (Å²) in [5, 5.41) is 25.3. The number of guanidine groups is 1. The van der Waals surface area contributed by atoms with Crippen molar-refractivity contribution in [2.75, 3.05) is 12.3 Å². The zero-order chi connectivity index (χ0) is 26.4. The molecule has 0 aromatic carbocycles. The highest BCUT2D eigenvalue weighted by Gasteiger charge is 2.30. The fourth-order valence-corrected chi connectivity index (χ4v) is 2.95. The number of nitrogens with one attached hydrogen (secondary N) is 3. The van der Waals surface area contributed by atoms with Gasteiger partial charge in [0, 0.05) is 18.7 Å². The number of thiol groups is 1. The molecule has 11 N–H and O–H groups in total. The Hall–Kier alpha value is -3.07. The minimum absolute atomic E-state index is 0.0736. The summed E-state index contributed by atoms with van der Waals surface area (Å²) < 4.78 is 0. The van der Waals surface area contributed by atoms with E-state index < -0.39 is 59.7 Å². The molecular formula is C19H35N7O7S. The number of aliphatic carboxylic acids is 2. The summed E-state index contributed by atoms with van der Waals surface area (Å²) in [4.78, 5) is 63.6. The number of nitrogens with zero attached hydrogens (tertiary/aromatic N) is 1. The fraction of sp³-hybridized carbons (Fsp3) is 0.684. The van der Waals surface area contributed by atoms with Crippen molar-refractivity contribution in [1.82, 2.24) is 16.0 Å². The molecule has 34 heavy (non-hydrogen) atoms. The number of hydrogen-bond donors (Lipinski definition) is 9. The molecule has 0 heterocycles. The van der Waals surface area contributed by atoms with Crippen LogP contribution in [0.5, 0.6) is 0 Å². The minimum Gasteiger partial charge on any atom is -0.481 e. The largest absolute Gasteiger partial charge is 0.481 e. The van der Waals surface area contributed by atoms with Gasteiger partial charge in [-0.25, -0.2) is 4.79 Å². The molecule has 0 aliphatic rings. The number of carboxylic acid groups (broad SMARTS) is 2. The molecular weight excluding hydrogens is 470 g/mol. The van der Waals surface area contributed by atoms with Crippen LogP contribution in [0.2, 0.25) is 0 Å². The summed E-state index contributed by atoms with van der Waals surface area (Å²) in [5.41, 5.74) is 16.2. The van der Waals surface area contributed by atoms with Crippen LogP contribution in [-0.2, 0) is 24.0 Å². The Morgan fingerprint density at radius 3 is 1.94 bits per heavy atom. The Balaban J connectivity index is 5.35. The second-order valence-corrected chi connectivity index (χ2v) is 8.23. The summed E-state index contributed by atoms with van der Waals surface area (Å²) in [7, 11) is 0. The van der Waals surface area contributed by atoms with Gasteiger partial charge in [-0.15, -0.1) is 0 Å². The summed E-state index contributed by atoms with van der Waals surface area (Å²) in [6, 6.07) is -4.67. The quantitative estimate of drug-likeness (QED) is 0.0456. The van der Waals surface area contributed by atoms with Crippen LogP contribution in [-0.4, -0.2) is 82.3 Å². The Bertz CT molecular complexity index is 759. The Kier molecular flexibility index (Phi) is 14.3. The molecule has 14 nitrogen and oxygen atoms in total. The summed E-state index contributed by atoms with van der Waals surface area (Å²) >= 11 is 4.04. The van der Waals surface area contributed by atoms with Crippen LogP contribution in [0.15, 0.2) is 4.99 Å². The third-order valence-corrected chi connectivity index (χ3v) is 5.00. The Morgan fingerprint density at radius 2 is 1.47 bits per heavy atom. The van der Waals surface area contributed by atoms with Gasteiger partial charge in [0.05, 0.1) is 6.04 Å². The van der Waals surface area contributed by atoms with Gasteiger partial charge in [0.15, 0.2) is 5.96 Å². The predicted octanol–water partition coefficient (Wildman–Crippen LogP) is -2.64. The van der Waals surface area contributed by atoms with E-state index in [2.05, 4.69) is 33.6 Å². The molecule has 0 spiro atoms. The zero-order valence-electron chi connectivity index (χ0n) is 19.2. The molecule has 3 amide bonds. The third kappa shape index (κ3) is 12.2. The van der Waals surface area contributed by atoms with Gasteiger partial charge >= 0.3 is 11.9 Å². The van der Waals surface area contributed by atoms with Gasteiger partial charge in [-0.1, -0.05) is 13.8 Å². The fourth-order valence-electron chi connectivity index (χ4n) is 2.70. The highest BCUT2D eigenvalue weighted by atomic mass is 32.1. The lowest BCUT2D eigenvalue weighted by molar-refractivity contribution is -0.143. The van der Waals surface area contributed by atoms with E-state index in [4.69, 9.17) is 22.3 Å². The van der Waals surface area contributed by atoms with Crippen LogP contribution < -0.4 is 33.2 Å². The van der Waals surface area contributed by atoms with E-state index in [1.807, 2.05) is 0 Å². The Labute approximate surface area is 202 Å². The molecule has 0 saturated heterocycles. The molecule has 0 aromatic heterocycles. The van der Waals surface area contributed by atoms with Crippen molar-refractivity contribution >= 4 is 48.2 Å². The lowest BCUT2D eigenvalue weighted by Crippen LogP contribution is -2.58. The molecule has 0 saturated carbocycles. The maximum Gasteiger partial charge on any atom is 0.326 e. The van der Waals surface area contributed by atoms with Crippen LogP contribution in [0.25, 0.3) is 0 Å². The highest BCUT2D eigenvalue weighted by molar-refractivity contribution is 7.80. The molecule has 4 atom stereocenters. The lowest BCUT2D eigenvalue weighted by Gasteiger charge is -2.25. The van der Waals surface area contributed by atoms with Gasteiger partial charge in [0.25, 0.3) is 0 Å². The van der Waals surface area contributed by atoms with E-state index >= 15 is 0 Å². The molecule has 0 fully saturated rings. The van der Waals surface area contributed by atoms with Crippen LogP contribution in [0.4, 0.5) is 0 Å². The maximum atomic E-state index is 12.8. The monoisotopic (exact) mass is 505 g/mol. The first-order chi connectivity index (χ1) is 15.8. The normalized spacial score (nSPS) is 14.3. The molecule has 0 bridgehead atoms. The maximum absolute atomic E-state index is 12.8. The van der Waals surface area contributed by atoms with Crippen LogP contribution in [0, 0.1) is 5.92 Å². The van der Waals surface area contributed by atoms with E-state index in [0.29, 0.717) is 0 Å². The molecule has 0 aliphatic carbocycles. The number of hydrogen-bond acceptors (Lipinski definition) is 8. The summed E-state index contributed by atoms with van der Waals surface area (Å²) in [6.45, 7) is 3.40. The molecule has 0 radical (unpaired) electrons. The first-order valence-corrected chi connectivity index (χ1v) is 11.2. The Morgan fingerprint density at radius 1 is 0.912 bits per heavy atom. The number of carboxylic acids is 2. The summed E-state index contributed by atoms with van der Waals surface area (Å²) in [5.74, 6) is -5.31. The predicted molar refractivity (Wildman–Crippen MR) is 127 cm³/mol. The molecule has 0 aliphatic heterocycles. The standard InChI is InChI=1S/C19H35N7O7S/c1-9(2)14(18(32)33)26-16(30)11(4-3-7-23-19(21)22)24-17(31)12(8-34)25-15(29)10(20)5-6-13(27)28/h9-12,14,34H,3-8,20H2,1-2H3,(H,24,31)(H,25,29)(H,26,30)(H,27,28)(H,32,33)(H4,21,22,23). The van der Waals surface area contributed by atoms with Gasteiger partial charge in [-0.3, -0.25) is 24.2 Å². The van der Waals surface area contributed by atoms with E-state index in [0.717, 1.165) is 0 Å². The number of aliphatic imine (C=N–C) groups is 1. The van der Waals surface area contributed by atoms with Crippen molar-refractivity contribution in [2.45, 2.75) is 63.7 Å². The number of nitrogens with two attached hydrogens (primary N) is 3. The average Bonchev–Trinajstić information content (AvgIpc) is 2.74. The van der Waals surface area contributed by atoms with Crippen LogP contribution >= 0.6 is 12.6 Å². The average molecular weight is 506 g/mol. The van der Waals surface area contributed by atoms with E-state index in [1.165, 1.54) is 0 Å². The van der Waals surface area contributed by atoms with Gasteiger partial charge in [-0.2, -0.15) is 12.6 Å². The van der Waals surface area contributed by atoms with E-state index in [1.54, 1.807) is 13.8 Å². The smallest absolute Gasteiger partial charge is 0.326 e. The first kappa shape index (κ1) is 30.9. The number of rotatable bonds is 16. The van der Waals surface area contributed by atoms with Crippen LogP contribution in [0.1, 0.15) is 39.5 Å². The zero-order valence-corrected chi connectivity index (χ0v) is 20.1. The third-order valence-electron chi connectivity index (χ3n) is 4.63. The summed E-state index contributed by atoms with van der Waals surface area (Å²) in [6.07, 6.45) is -0.105. The lowest BCUT2D eigenvalue weighted by atomic mass is 10.0. The molecule has 15 heteroatoms. The van der Waals surface area contributed by atoms with Crippen molar-refractivity contribution in [2.24, 2.45) is 28.1 Å². The van der Waals surface area contributed by atoms with E-state index in [9.17, 15) is 29.1 Å². The van der Waals surface area contributed by atoms with Crippen molar-refractivity contribution < 1.29 is 34.2 Å². The topological polar surface area (TPSA) is 252 Å². The SMILES string of the molecule is CC(C)C(NC(=O)C(CCCN=C(N)N)NC(=O)C(CS)NC(=O)C(N)CCC(=O)O)C(=O)O. The second-order valence-electron chi connectivity index (χ2n) is 7.86. The van der Waals surface area contributed by atoms with Crippen molar-refractivity contribution in [3.63, 3.8) is 0 Å². The van der Waals surface area contributed by atoms with Gasteiger partial charge in [-0.05, 0) is 25.2 Å². The molecule has 0 aromatic rings. The minimum atomic E-state index is -1.23. The number of carbonyl (C=O) groups excluding carboxylic acids is 3. The highest BCUT2D eigenvalue weighted by Crippen LogP contribution is 2.06. The van der Waals surface area contributed by atoms with Gasteiger partial charge in [0.2, 0.25) is 17.7 Å². The van der Waals surface area contributed by atoms with Crippen molar-refractivity contribution in [3.05, 3.63) is 0 Å². The van der Waals surface area contributed by atoms with Gasteiger partial charge < -0.3 is 43.4 Å². The molecule has 194 valence electrons. The van der Waals surface area contributed by atoms with E-state index in [-0.39, 0.29) is 43.9 Å². The number of amides is 3. The number of carbonyl (C=O) groups is 5. The first-order valence-electron chi connectivity index (χ1n) is 10.6. The van der Waals surface area contributed by atoms with Crippen LogP contribution in [0.3, 0.4) is 0 Å². The van der Waals surface area contributed by atoms with Gasteiger partial charge in [0.1, 0.15) is 18.1 Å². The second kappa shape index (κ2) is 15.7. The molecule has 0 rings (SSSR count). The van der Waals surface area contributed by atoms with Crippen molar-refractivity contribution in [3.8, 4) is 0 Å². The van der Waals surface area contributed by atoms with Crippen molar-refractivity contribution in [1.29, 1.82) is 0 Å².